The van der Waals surface area contributed by atoms with Crippen molar-refractivity contribution < 1.29 is 24.9 Å². The molecule has 1 aromatic heterocycles. The number of carboxylic acids is 1. The van der Waals surface area contributed by atoms with Crippen molar-refractivity contribution in [3.8, 4) is 0 Å². The van der Waals surface area contributed by atoms with E-state index < -0.39 is 46.8 Å². The highest BCUT2D eigenvalue weighted by atomic mass is 16.4. The number of amides is 1. The lowest BCUT2D eigenvalue weighted by Crippen LogP contribution is -2.42. The van der Waals surface area contributed by atoms with Gasteiger partial charge < -0.3 is 20.2 Å². The number of carbonyl (C=O) groups excluding carboxylic acids is 1. The average Bonchev–Trinajstić information content (AvgIpc) is 3.37. The summed E-state index contributed by atoms with van der Waals surface area (Å²) in [6.45, 7) is 0.426. The molecule has 0 spiro atoms. The second kappa shape index (κ2) is 10.8. The van der Waals surface area contributed by atoms with Crippen molar-refractivity contribution in [3.63, 3.8) is 0 Å². The Morgan fingerprint density at radius 2 is 1.75 bits per heavy atom. The van der Waals surface area contributed by atoms with Gasteiger partial charge in [0.25, 0.3) is 5.56 Å². The average molecular weight is 500 g/mol. The van der Waals surface area contributed by atoms with Crippen molar-refractivity contribution >= 4 is 11.9 Å². The third kappa shape index (κ3) is 5.76. The predicted octanol–water partition coefficient (Wildman–Crippen LogP) is 1.27. The summed E-state index contributed by atoms with van der Waals surface area (Å²) >= 11 is 0. The molecule has 2 fully saturated rings. The molecular formula is C26H33N3O7. The number of hydrogen-bond donors (Lipinski definition) is 4. The Kier molecular flexibility index (Phi) is 7.75. The Morgan fingerprint density at radius 3 is 2.39 bits per heavy atom. The second-order valence-corrected chi connectivity index (χ2v) is 10.3. The molecule has 4 atom stereocenters. The quantitative estimate of drug-likeness (QED) is 0.405. The molecule has 10 nitrogen and oxygen atoms in total. The van der Waals surface area contributed by atoms with Gasteiger partial charge in [-0.3, -0.25) is 23.9 Å². The zero-order valence-corrected chi connectivity index (χ0v) is 20.1. The Labute approximate surface area is 208 Å². The van der Waals surface area contributed by atoms with Gasteiger partial charge in [-0.1, -0.05) is 43.2 Å². The fourth-order valence-electron chi connectivity index (χ4n) is 5.93. The first kappa shape index (κ1) is 25.8. The van der Waals surface area contributed by atoms with E-state index >= 15 is 0 Å². The number of carbonyl (C=O) groups is 2. The molecule has 10 heteroatoms. The van der Waals surface area contributed by atoms with Crippen LogP contribution in [-0.2, 0) is 16.1 Å². The van der Waals surface area contributed by atoms with E-state index in [1.807, 2.05) is 30.3 Å². The Balaban J connectivity index is 1.56. The van der Waals surface area contributed by atoms with Crippen LogP contribution in [0.1, 0.15) is 56.6 Å². The van der Waals surface area contributed by atoms with Crippen LogP contribution >= 0.6 is 0 Å². The molecule has 2 aliphatic rings. The van der Waals surface area contributed by atoms with E-state index in [0.717, 1.165) is 29.0 Å². The lowest BCUT2D eigenvalue weighted by atomic mass is 9.79. The Hall–Kier alpha value is -3.24. The number of benzene rings is 1. The largest absolute Gasteiger partial charge is 0.481 e. The van der Waals surface area contributed by atoms with Crippen molar-refractivity contribution in [2.24, 2.45) is 11.3 Å². The van der Waals surface area contributed by atoms with Crippen LogP contribution < -0.4 is 11.2 Å². The zero-order chi connectivity index (χ0) is 25.9. The van der Waals surface area contributed by atoms with E-state index in [2.05, 4.69) is 4.98 Å². The number of aliphatic hydroxyl groups excluding tert-OH is 2. The number of nitrogens with one attached hydrogen (secondary N) is 1. The van der Waals surface area contributed by atoms with Crippen molar-refractivity contribution in [3.05, 3.63) is 69.0 Å². The number of aliphatic hydroxyl groups is 2. The van der Waals surface area contributed by atoms with Crippen molar-refractivity contribution in [1.82, 2.24) is 14.5 Å². The molecule has 0 bridgehead atoms. The highest BCUT2D eigenvalue weighted by Gasteiger charge is 2.45. The summed E-state index contributed by atoms with van der Waals surface area (Å²) in [6.07, 6.45) is 2.45. The van der Waals surface area contributed by atoms with Gasteiger partial charge in [-0.15, -0.1) is 0 Å². The van der Waals surface area contributed by atoms with Gasteiger partial charge >= 0.3 is 11.7 Å². The molecule has 2 aliphatic carbocycles. The third-order valence-corrected chi connectivity index (χ3v) is 7.68. The van der Waals surface area contributed by atoms with Gasteiger partial charge in [0.05, 0.1) is 24.7 Å². The maximum absolute atomic E-state index is 13.6. The molecular weight excluding hydrogens is 466 g/mol. The van der Waals surface area contributed by atoms with E-state index in [4.69, 9.17) is 0 Å². The minimum atomic E-state index is -1.13. The summed E-state index contributed by atoms with van der Waals surface area (Å²) in [6, 6.07) is 9.60. The minimum Gasteiger partial charge on any atom is -0.481 e. The predicted molar refractivity (Wildman–Crippen MR) is 130 cm³/mol. The number of aliphatic carboxylic acids is 1. The molecule has 4 rings (SSSR count). The van der Waals surface area contributed by atoms with Gasteiger partial charge in [-0.25, -0.2) is 4.79 Å². The molecule has 0 unspecified atom stereocenters. The molecule has 0 aliphatic heterocycles. The molecule has 2 aromatic rings. The molecule has 194 valence electrons. The van der Waals surface area contributed by atoms with Crippen LogP contribution in [0.25, 0.3) is 0 Å². The maximum Gasteiger partial charge on any atom is 0.328 e. The van der Waals surface area contributed by atoms with Gasteiger partial charge in [0, 0.05) is 37.7 Å². The van der Waals surface area contributed by atoms with Crippen LogP contribution in [0.3, 0.4) is 0 Å². The van der Waals surface area contributed by atoms with Crippen molar-refractivity contribution in [2.75, 3.05) is 6.54 Å². The SMILES string of the molecule is O=C(O)CC1(CC(=O)N(Cc2ccccc2)C[C@@H]2C[C@H](O)[C@@H](n3ccc(=O)[nH]c3=O)[C@@H]2O)CCCC1. The Bertz CT molecular complexity index is 1190. The van der Waals surface area contributed by atoms with Crippen LogP contribution in [0.5, 0.6) is 0 Å². The van der Waals surface area contributed by atoms with E-state index in [9.17, 15) is 34.5 Å². The number of aromatic nitrogens is 2. The third-order valence-electron chi connectivity index (χ3n) is 7.68. The number of H-pyrrole nitrogens is 1. The highest BCUT2D eigenvalue weighted by Crippen LogP contribution is 2.45. The first-order valence-electron chi connectivity index (χ1n) is 12.4. The summed E-state index contributed by atoms with van der Waals surface area (Å²) in [4.78, 5) is 52.6. The van der Waals surface area contributed by atoms with E-state index in [-0.39, 0.29) is 38.3 Å². The Morgan fingerprint density at radius 1 is 1.06 bits per heavy atom. The van der Waals surface area contributed by atoms with Gasteiger partial charge in [0.15, 0.2) is 0 Å². The van der Waals surface area contributed by atoms with Gasteiger partial charge in [-0.05, 0) is 30.2 Å². The molecule has 2 saturated carbocycles. The van der Waals surface area contributed by atoms with E-state index in [0.29, 0.717) is 12.8 Å². The monoisotopic (exact) mass is 499 g/mol. The minimum absolute atomic E-state index is 0.0557. The summed E-state index contributed by atoms with van der Waals surface area (Å²) in [5.41, 5.74) is -0.972. The topological polar surface area (TPSA) is 153 Å². The smallest absolute Gasteiger partial charge is 0.328 e. The molecule has 4 N–H and O–H groups in total. The van der Waals surface area contributed by atoms with Crippen molar-refractivity contribution in [2.45, 2.75) is 69.7 Å². The van der Waals surface area contributed by atoms with Crippen LogP contribution in [-0.4, -0.2) is 60.4 Å². The number of rotatable bonds is 9. The molecule has 36 heavy (non-hydrogen) atoms. The number of aromatic amines is 1. The van der Waals surface area contributed by atoms with Crippen LogP contribution in [0.15, 0.2) is 52.2 Å². The number of hydrogen-bond acceptors (Lipinski definition) is 6. The van der Waals surface area contributed by atoms with E-state index in [1.54, 1.807) is 4.90 Å². The second-order valence-electron chi connectivity index (χ2n) is 10.3. The lowest BCUT2D eigenvalue weighted by Gasteiger charge is -2.33. The molecule has 0 radical (unpaired) electrons. The fourth-order valence-corrected chi connectivity index (χ4v) is 5.93. The van der Waals surface area contributed by atoms with Gasteiger partial charge in [-0.2, -0.15) is 0 Å². The molecule has 1 heterocycles. The first-order valence-corrected chi connectivity index (χ1v) is 12.4. The zero-order valence-electron chi connectivity index (χ0n) is 20.1. The summed E-state index contributed by atoms with van der Waals surface area (Å²) in [7, 11) is 0. The summed E-state index contributed by atoms with van der Waals surface area (Å²) in [5.74, 6) is -1.62. The number of nitrogens with zero attached hydrogens (tertiary/aromatic N) is 2. The van der Waals surface area contributed by atoms with Gasteiger partial charge in [0.1, 0.15) is 0 Å². The van der Waals surface area contributed by atoms with Gasteiger partial charge in [0.2, 0.25) is 5.91 Å². The highest BCUT2D eigenvalue weighted by molar-refractivity contribution is 5.78. The molecule has 1 aromatic carbocycles. The molecule has 1 amide bonds. The van der Waals surface area contributed by atoms with Crippen molar-refractivity contribution in [1.29, 1.82) is 0 Å². The van der Waals surface area contributed by atoms with E-state index in [1.165, 1.54) is 6.20 Å². The number of carboxylic acid groups (broad SMARTS) is 1. The maximum atomic E-state index is 13.6. The van der Waals surface area contributed by atoms with Crippen LogP contribution in [0.4, 0.5) is 0 Å². The summed E-state index contributed by atoms with van der Waals surface area (Å²) < 4.78 is 1.13. The first-order chi connectivity index (χ1) is 17.2. The lowest BCUT2D eigenvalue weighted by molar-refractivity contribution is -0.142. The normalized spacial score (nSPS) is 25.1. The van der Waals surface area contributed by atoms with Crippen LogP contribution in [0.2, 0.25) is 0 Å². The van der Waals surface area contributed by atoms with Crippen LogP contribution in [0, 0.1) is 11.3 Å². The fraction of sp³-hybridized carbons (Fsp3) is 0.538. The molecule has 0 saturated heterocycles. The summed E-state index contributed by atoms with van der Waals surface area (Å²) in [5, 5.41) is 31.3. The standard InChI is InChI=1S/C26H33N3O7/c30-19-12-18(24(35)23(19)29-11-8-20(31)27-25(29)36)16-28(15-17-6-2-1-3-7-17)21(32)13-26(14-22(33)34)9-4-5-10-26/h1-3,6-8,11,18-19,23-24,30,35H,4-5,9-10,12-16H2,(H,33,34)(H,27,31,36)/t18-,19-,23+,24+/m0/s1.